The molecule has 0 bridgehead atoms. The van der Waals surface area contributed by atoms with Crippen LogP contribution in [-0.2, 0) is 6.54 Å². The van der Waals surface area contributed by atoms with E-state index in [-0.39, 0.29) is 11.6 Å². The Morgan fingerprint density at radius 1 is 1.40 bits per heavy atom. The van der Waals surface area contributed by atoms with Gasteiger partial charge in [0.25, 0.3) is 0 Å². The van der Waals surface area contributed by atoms with E-state index >= 15 is 0 Å². The number of imidazole rings is 1. The summed E-state index contributed by atoms with van der Waals surface area (Å²) in [5, 5.41) is 11.7. The van der Waals surface area contributed by atoms with Crippen molar-refractivity contribution in [3.63, 3.8) is 0 Å². The fraction of sp³-hybridized carbons (Fsp3) is 0.308. The first-order valence-corrected chi connectivity index (χ1v) is 6.12. The summed E-state index contributed by atoms with van der Waals surface area (Å²) in [6.07, 6.45) is 1.64. The minimum Gasteiger partial charge on any atom is -0.478 e. The first kappa shape index (κ1) is 13.9. The molecule has 1 aromatic heterocycles. The highest BCUT2D eigenvalue weighted by Crippen LogP contribution is 2.14. The molecular formula is C13H16N4O3. The zero-order chi connectivity index (χ0) is 14.7. The van der Waals surface area contributed by atoms with E-state index in [0.29, 0.717) is 13.1 Å². The average molecular weight is 276 g/mol. The molecule has 20 heavy (non-hydrogen) atoms. The van der Waals surface area contributed by atoms with Crippen LogP contribution in [0, 0.1) is 0 Å². The van der Waals surface area contributed by atoms with Crippen LogP contribution in [0.4, 0.5) is 4.79 Å². The number of carboxylic acids is 1. The monoisotopic (exact) mass is 276 g/mol. The molecule has 0 saturated carbocycles. The molecule has 1 aromatic carbocycles. The van der Waals surface area contributed by atoms with Crippen molar-refractivity contribution in [3.8, 4) is 0 Å². The highest BCUT2D eigenvalue weighted by atomic mass is 16.4. The van der Waals surface area contributed by atoms with Crippen molar-refractivity contribution >= 4 is 23.0 Å². The molecule has 2 rings (SSSR count). The number of carbonyl (C=O) groups is 2. The van der Waals surface area contributed by atoms with Gasteiger partial charge in [0.1, 0.15) is 0 Å². The third-order valence-corrected chi connectivity index (χ3v) is 2.90. The summed E-state index contributed by atoms with van der Waals surface area (Å²) in [5.74, 6) is -0.972. The number of aromatic carboxylic acids is 1. The predicted octanol–water partition coefficient (Wildman–Crippen LogP) is 1.01. The number of fused-ring (bicyclic) bond motifs is 1. The van der Waals surface area contributed by atoms with Gasteiger partial charge in [0.05, 0.1) is 22.9 Å². The molecule has 0 saturated heterocycles. The van der Waals surface area contributed by atoms with Gasteiger partial charge in [0.2, 0.25) is 0 Å². The largest absolute Gasteiger partial charge is 0.478 e. The van der Waals surface area contributed by atoms with E-state index in [9.17, 15) is 9.59 Å². The molecule has 0 spiro atoms. The molecule has 7 nitrogen and oxygen atoms in total. The third kappa shape index (κ3) is 2.87. The molecule has 2 N–H and O–H groups in total. The lowest BCUT2D eigenvalue weighted by Gasteiger charge is -2.12. The molecular weight excluding hydrogens is 260 g/mol. The van der Waals surface area contributed by atoms with Crippen molar-refractivity contribution in [1.29, 1.82) is 0 Å². The third-order valence-electron chi connectivity index (χ3n) is 2.90. The van der Waals surface area contributed by atoms with Crippen LogP contribution in [0.5, 0.6) is 0 Å². The van der Waals surface area contributed by atoms with Crippen molar-refractivity contribution in [1.82, 2.24) is 19.8 Å². The average Bonchev–Trinajstić information content (AvgIpc) is 2.81. The molecule has 2 aromatic rings. The maximum Gasteiger partial charge on any atom is 0.335 e. The number of urea groups is 1. The highest BCUT2D eigenvalue weighted by molar-refractivity contribution is 5.92. The number of carboxylic acid groups (broad SMARTS) is 1. The molecule has 0 atom stereocenters. The van der Waals surface area contributed by atoms with Crippen LogP contribution >= 0.6 is 0 Å². The van der Waals surface area contributed by atoms with Gasteiger partial charge in [-0.05, 0) is 18.2 Å². The first-order valence-electron chi connectivity index (χ1n) is 6.12. The Bertz CT molecular complexity index is 648. The molecule has 0 radical (unpaired) electrons. The van der Waals surface area contributed by atoms with Gasteiger partial charge >= 0.3 is 12.0 Å². The number of aromatic nitrogens is 2. The molecule has 106 valence electrons. The molecule has 7 heteroatoms. The normalized spacial score (nSPS) is 10.5. The van der Waals surface area contributed by atoms with E-state index in [1.807, 2.05) is 4.57 Å². The summed E-state index contributed by atoms with van der Waals surface area (Å²) in [6, 6.07) is 4.61. The summed E-state index contributed by atoms with van der Waals surface area (Å²) >= 11 is 0. The number of nitrogens with zero attached hydrogens (tertiary/aromatic N) is 3. The number of carbonyl (C=O) groups excluding carboxylic acids is 1. The van der Waals surface area contributed by atoms with Crippen LogP contribution in [0.3, 0.4) is 0 Å². The molecule has 0 unspecified atom stereocenters. The minimum absolute atomic E-state index is 0.166. The maximum absolute atomic E-state index is 11.4. The van der Waals surface area contributed by atoms with E-state index in [1.54, 1.807) is 32.6 Å². The molecule has 0 aliphatic rings. The van der Waals surface area contributed by atoms with E-state index < -0.39 is 5.97 Å². The molecule has 1 heterocycles. The number of nitrogens with one attached hydrogen (secondary N) is 1. The lowest BCUT2D eigenvalue weighted by molar-refractivity contribution is 0.0697. The lowest BCUT2D eigenvalue weighted by atomic mass is 10.2. The summed E-state index contributed by atoms with van der Waals surface area (Å²) < 4.78 is 1.82. The second-order valence-corrected chi connectivity index (χ2v) is 4.57. The minimum atomic E-state index is -0.972. The Kier molecular flexibility index (Phi) is 3.88. The summed E-state index contributed by atoms with van der Waals surface area (Å²) in [6.45, 7) is 0.971. The van der Waals surface area contributed by atoms with Crippen LogP contribution < -0.4 is 5.32 Å². The molecule has 0 aliphatic heterocycles. The quantitative estimate of drug-likeness (QED) is 0.872. The SMILES string of the molecule is CN(C)C(=O)NCCn1cnc2ccc(C(=O)O)cc21. The van der Waals surface area contributed by atoms with Gasteiger partial charge < -0.3 is 19.9 Å². The van der Waals surface area contributed by atoms with Gasteiger partial charge in [-0.15, -0.1) is 0 Å². The van der Waals surface area contributed by atoms with Gasteiger partial charge in [-0.1, -0.05) is 0 Å². The van der Waals surface area contributed by atoms with Crippen molar-refractivity contribution in [2.45, 2.75) is 6.54 Å². The number of benzene rings is 1. The summed E-state index contributed by atoms with van der Waals surface area (Å²) in [7, 11) is 3.34. The van der Waals surface area contributed by atoms with Crippen LogP contribution in [-0.4, -0.2) is 52.2 Å². The molecule has 0 aliphatic carbocycles. The first-order chi connectivity index (χ1) is 9.49. The van der Waals surface area contributed by atoms with Crippen LogP contribution in [0.15, 0.2) is 24.5 Å². The van der Waals surface area contributed by atoms with Gasteiger partial charge in [-0.2, -0.15) is 0 Å². The van der Waals surface area contributed by atoms with Crippen molar-refractivity contribution < 1.29 is 14.7 Å². The van der Waals surface area contributed by atoms with Crippen LogP contribution in [0.1, 0.15) is 10.4 Å². The summed E-state index contributed by atoms with van der Waals surface area (Å²) in [4.78, 5) is 28.0. The fourth-order valence-electron chi connectivity index (χ4n) is 1.81. The second-order valence-electron chi connectivity index (χ2n) is 4.57. The van der Waals surface area contributed by atoms with Gasteiger partial charge in [-0.3, -0.25) is 0 Å². The topological polar surface area (TPSA) is 87.5 Å². The van der Waals surface area contributed by atoms with Gasteiger partial charge in [-0.25, -0.2) is 14.6 Å². The fourth-order valence-corrected chi connectivity index (χ4v) is 1.81. The van der Waals surface area contributed by atoms with Crippen LogP contribution in [0.2, 0.25) is 0 Å². The van der Waals surface area contributed by atoms with Crippen molar-refractivity contribution in [2.24, 2.45) is 0 Å². The predicted molar refractivity (Wildman–Crippen MR) is 73.8 cm³/mol. The summed E-state index contributed by atoms with van der Waals surface area (Å²) in [5.41, 5.74) is 1.69. The highest BCUT2D eigenvalue weighted by Gasteiger charge is 2.08. The van der Waals surface area contributed by atoms with Crippen molar-refractivity contribution in [3.05, 3.63) is 30.1 Å². The Labute approximate surface area is 115 Å². The molecule has 0 fully saturated rings. The zero-order valence-corrected chi connectivity index (χ0v) is 11.3. The lowest BCUT2D eigenvalue weighted by Crippen LogP contribution is -2.36. The maximum atomic E-state index is 11.4. The van der Waals surface area contributed by atoms with E-state index in [0.717, 1.165) is 11.0 Å². The second kappa shape index (κ2) is 5.60. The Balaban J connectivity index is 2.12. The Morgan fingerprint density at radius 3 is 2.80 bits per heavy atom. The van der Waals surface area contributed by atoms with Crippen LogP contribution in [0.25, 0.3) is 11.0 Å². The number of hydrogen-bond acceptors (Lipinski definition) is 3. The smallest absolute Gasteiger partial charge is 0.335 e. The Morgan fingerprint density at radius 2 is 2.15 bits per heavy atom. The molecule has 2 amide bonds. The standard InChI is InChI=1S/C13H16N4O3/c1-16(2)13(20)14-5-6-17-8-15-10-4-3-9(12(18)19)7-11(10)17/h3-4,7-8H,5-6H2,1-2H3,(H,14,20)(H,18,19). The number of hydrogen-bond donors (Lipinski definition) is 2. The Hall–Kier alpha value is -2.57. The van der Waals surface area contributed by atoms with Gasteiger partial charge in [0, 0.05) is 27.2 Å². The zero-order valence-electron chi connectivity index (χ0n) is 11.3. The number of amides is 2. The number of rotatable bonds is 4. The van der Waals surface area contributed by atoms with E-state index in [1.165, 1.54) is 11.0 Å². The van der Waals surface area contributed by atoms with E-state index in [4.69, 9.17) is 5.11 Å². The van der Waals surface area contributed by atoms with E-state index in [2.05, 4.69) is 10.3 Å². The van der Waals surface area contributed by atoms with Gasteiger partial charge in [0.15, 0.2) is 0 Å². The van der Waals surface area contributed by atoms with Crippen molar-refractivity contribution in [2.75, 3.05) is 20.6 Å².